The lowest BCUT2D eigenvalue weighted by Gasteiger charge is -2.26. The summed E-state index contributed by atoms with van der Waals surface area (Å²) in [5.41, 5.74) is 1.84. The molecule has 0 aliphatic heterocycles. The Morgan fingerprint density at radius 2 is 2.17 bits per heavy atom. The molecule has 0 unspecified atom stereocenters. The van der Waals surface area contributed by atoms with E-state index in [1.165, 1.54) is 6.07 Å². The summed E-state index contributed by atoms with van der Waals surface area (Å²) in [6.45, 7) is 2.50. The number of carbonyl (C=O) groups excluding carboxylic acids is 1. The summed E-state index contributed by atoms with van der Waals surface area (Å²) in [4.78, 5) is 18.2. The van der Waals surface area contributed by atoms with Crippen molar-refractivity contribution in [1.82, 2.24) is 15.2 Å². The molecule has 1 heterocycles. The average molecular weight is 327 g/mol. The number of urea groups is 1. The first-order chi connectivity index (χ1) is 11.5. The van der Waals surface area contributed by atoms with Crippen LogP contribution >= 0.6 is 0 Å². The van der Waals surface area contributed by atoms with Gasteiger partial charge in [0.15, 0.2) is 0 Å². The summed E-state index contributed by atoms with van der Waals surface area (Å²) in [6, 6.07) is 10.3. The van der Waals surface area contributed by atoms with Crippen molar-refractivity contribution in [3.05, 3.63) is 65.7 Å². The Balaban J connectivity index is 1.61. The van der Waals surface area contributed by atoms with Crippen molar-refractivity contribution in [2.45, 2.75) is 31.2 Å². The lowest BCUT2D eigenvalue weighted by Crippen LogP contribution is -2.42. The minimum Gasteiger partial charge on any atom is -0.337 e. The predicted molar refractivity (Wildman–Crippen MR) is 91.1 cm³/mol. The molecule has 1 atom stereocenters. The maximum absolute atomic E-state index is 13.4. The highest BCUT2D eigenvalue weighted by Gasteiger charge is 2.44. The van der Waals surface area contributed by atoms with E-state index in [2.05, 4.69) is 10.3 Å². The quantitative estimate of drug-likeness (QED) is 0.911. The van der Waals surface area contributed by atoms with Gasteiger partial charge in [0.25, 0.3) is 0 Å². The summed E-state index contributed by atoms with van der Waals surface area (Å²) in [7, 11) is 1.77. The number of hydrogen-bond acceptors (Lipinski definition) is 2. The van der Waals surface area contributed by atoms with Crippen LogP contribution in [0.4, 0.5) is 9.18 Å². The van der Waals surface area contributed by atoms with Gasteiger partial charge < -0.3 is 10.2 Å². The molecule has 1 N–H and O–H groups in total. The number of halogens is 1. The van der Waals surface area contributed by atoms with Crippen molar-refractivity contribution in [1.29, 1.82) is 0 Å². The first-order valence-corrected chi connectivity index (χ1v) is 8.18. The van der Waals surface area contributed by atoms with Crippen molar-refractivity contribution < 1.29 is 9.18 Å². The number of pyridine rings is 1. The fourth-order valence-electron chi connectivity index (χ4n) is 2.93. The van der Waals surface area contributed by atoms with Crippen LogP contribution in [0.5, 0.6) is 0 Å². The minimum atomic E-state index is -0.229. The van der Waals surface area contributed by atoms with Gasteiger partial charge in [-0.2, -0.15) is 0 Å². The van der Waals surface area contributed by atoms with E-state index in [0.717, 1.165) is 24.0 Å². The van der Waals surface area contributed by atoms with Gasteiger partial charge in [0.2, 0.25) is 0 Å². The number of carbonyl (C=O) groups is 1. The highest BCUT2D eigenvalue weighted by Crippen LogP contribution is 2.47. The lowest BCUT2D eigenvalue weighted by atomic mass is 9.96. The lowest BCUT2D eigenvalue weighted by molar-refractivity contribution is 0.193. The fraction of sp³-hybridized carbons (Fsp3) is 0.368. The summed E-state index contributed by atoms with van der Waals surface area (Å²) in [6.07, 6.45) is 5.42. The third-order valence-electron chi connectivity index (χ3n) is 4.94. The van der Waals surface area contributed by atoms with Crippen molar-refractivity contribution in [3.63, 3.8) is 0 Å². The highest BCUT2D eigenvalue weighted by atomic mass is 19.1. The molecule has 5 heteroatoms. The Bertz CT molecular complexity index is 716. The standard InChI is InChI=1S/C19H22FN3O/c1-14(15-5-4-10-21-12-15)23(2)18(24)22-13-19(8-9-19)16-6-3-7-17(20)11-16/h3-7,10-12,14H,8-9,13H2,1-2H3,(H,22,24)/t14-/m0/s1. The van der Waals surface area contributed by atoms with Crippen LogP contribution in [0.3, 0.4) is 0 Å². The molecule has 0 bridgehead atoms. The number of nitrogens with one attached hydrogen (secondary N) is 1. The Kier molecular flexibility index (Phi) is 4.51. The Morgan fingerprint density at radius 1 is 1.38 bits per heavy atom. The van der Waals surface area contributed by atoms with Gasteiger partial charge in [0, 0.05) is 31.4 Å². The summed E-state index contributed by atoms with van der Waals surface area (Å²) < 4.78 is 13.4. The van der Waals surface area contributed by atoms with Gasteiger partial charge in [-0.05, 0) is 49.1 Å². The second-order valence-electron chi connectivity index (χ2n) is 6.52. The number of amides is 2. The number of nitrogens with zero attached hydrogens (tertiary/aromatic N) is 2. The second kappa shape index (κ2) is 6.59. The first-order valence-electron chi connectivity index (χ1n) is 8.18. The topological polar surface area (TPSA) is 45.2 Å². The van der Waals surface area contributed by atoms with Gasteiger partial charge in [0.05, 0.1) is 6.04 Å². The molecule has 2 amide bonds. The highest BCUT2D eigenvalue weighted by molar-refractivity contribution is 5.74. The SMILES string of the molecule is C[C@@H](c1cccnc1)N(C)C(=O)NCC1(c2cccc(F)c2)CC1. The van der Waals surface area contributed by atoms with Crippen LogP contribution in [0, 0.1) is 5.82 Å². The van der Waals surface area contributed by atoms with Gasteiger partial charge in [-0.15, -0.1) is 0 Å². The van der Waals surface area contributed by atoms with Crippen LogP contribution in [0.1, 0.15) is 36.9 Å². The predicted octanol–water partition coefficient (Wildman–Crippen LogP) is 3.65. The van der Waals surface area contributed by atoms with Crippen molar-refractivity contribution >= 4 is 6.03 Å². The molecule has 1 saturated carbocycles. The fourth-order valence-corrected chi connectivity index (χ4v) is 2.93. The van der Waals surface area contributed by atoms with E-state index < -0.39 is 0 Å². The first kappa shape index (κ1) is 16.4. The molecule has 24 heavy (non-hydrogen) atoms. The molecular weight excluding hydrogens is 305 g/mol. The normalized spacial score (nSPS) is 16.3. The van der Waals surface area contributed by atoms with E-state index in [9.17, 15) is 9.18 Å². The van der Waals surface area contributed by atoms with Gasteiger partial charge in [0.1, 0.15) is 5.82 Å². The van der Waals surface area contributed by atoms with E-state index >= 15 is 0 Å². The molecule has 1 fully saturated rings. The smallest absolute Gasteiger partial charge is 0.317 e. The zero-order valence-electron chi connectivity index (χ0n) is 14.0. The zero-order chi connectivity index (χ0) is 17.2. The zero-order valence-corrected chi connectivity index (χ0v) is 14.0. The summed E-state index contributed by atoms with van der Waals surface area (Å²) in [5.74, 6) is -0.229. The van der Waals surface area contributed by atoms with Crippen LogP contribution in [0.15, 0.2) is 48.8 Å². The van der Waals surface area contributed by atoms with E-state index in [1.54, 1.807) is 36.5 Å². The number of hydrogen-bond donors (Lipinski definition) is 1. The number of benzene rings is 1. The van der Waals surface area contributed by atoms with Crippen LogP contribution in [-0.2, 0) is 5.41 Å². The third kappa shape index (κ3) is 3.40. The van der Waals surface area contributed by atoms with Crippen molar-refractivity contribution in [2.75, 3.05) is 13.6 Å². The molecule has 4 nitrogen and oxygen atoms in total. The van der Waals surface area contributed by atoms with Gasteiger partial charge in [-0.1, -0.05) is 18.2 Å². The monoisotopic (exact) mass is 327 g/mol. The Labute approximate surface area is 141 Å². The van der Waals surface area contributed by atoms with Crippen LogP contribution in [0.25, 0.3) is 0 Å². The summed E-state index contributed by atoms with van der Waals surface area (Å²) >= 11 is 0. The molecule has 1 aliphatic rings. The van der Waals surface area contributed by atoms with E-state index in [0.29, 0.717) is 6.54 Å². The van der Waals surface area contributed by atoms with Gasteiger partial charge in [-0.25, -0.2) is 9.18 Å². The Morgan fingerprint density at radius 3 is 2.79 bits per heavy atom. The minimum absolute atomic E-state index is 0.0666. The molecule has 1 aromatic carbocycles. The number of rotatable bonds is 5. The van der Waals surface area contributed by atoms with Crippen LogP contribution in [-0.4, -0.2) is 29.5 Å². The Hall–Kier alpha value is -2.43. The summed E-state index contributed by atoms with van der Waals surface area (Å²) in [5, 5.41) is 3.00. The average Bonchev–Trinajstić information content (AvgIpc) is 3.40. The maximum Gasteiger partial charge on any atom is 0.317 e. The van der Waals surface area contributed by atoms with E-state index in [4.69, 9.17) is 0 Å². The molecular formula is C19H22FN3O. The number of aromatic nitrogens is 1. The van der Waals surface area contributed by atoms with Crippen LogP contribution < -0.4 is 5.32 Å². The molecule has 126 valence electrons. The van der Waals surface area contributed by atoms with E-state index in [-0.39, 0.29) is 23.3 Å². The maximum atomic E-state index is 13.4. The van der Waals surface area contributed by atoms with Crippen molar-refractivity contribution in [2.24, 2.45) is 0 Å². The largest absolute Gasteiger partial charge is 0.337 e. The molecule has 1 aromatic heterocycles. The second-order valence-corrected chi connectivity index (χ2v) is 6.52. The van der Waals surface area contributed by atoms with E-state index in [1.807, 2.05) is 25.1 Å². The van der Waals surface area contributed by atoms with Crippen LogP contribution in [0.2, 0.25) is 0 Å². The molecule has 3 rings (SSSR count). The van der Waals surface area contributed by atoms with Crippen molar-refractivity contribution in [3.8, 4) is 0 Å². The molecule has 2 aromatic rings. The van der Waals surface area contributed by atoms with Gasteiger partial charge >= 0.3 is 6.03 Å². The molecule has 1 aliphatic carbocycles. The molecule has 0 radical (unpaired) electrons. The third-order valence-corrected chi connectivity index (χ3v) is 4.94. The molecule has 0 spiro atoms. The molecule has 0 saturated heterocycles. The van der Waals surface area contributed by atoms with Gasteiger partial charge in [-0.3, -0.25) is 4.98 Å².